The number of nitrogen functional groups attached to an aromatic ring is 1. The first kappa shape index (κ1) is 13.1. The van der Waals surface area contributed by atoms with Gasteiger partial charge in [0.05, 0.1) is 6.20 Å². The fourth-order valence-electron chi connectivity index (χ4n) is 1.78. The lowest BCUT2D eigenvalue weighted by atomic mass is 10.0. The third-order valence-corrected chi connectivity index (χ3v) is 3.08. The Morgan fingerprint density at radius 3 is 2.63 bits per heavy atom. The molecule has 0 spiro atoms. The average Bonchev–Trinajstić information content (AvgIpc) is 2.92. The molecule has 0 aliphatic heterocycles. The van der Waals surface area contributed by atoms with Gasteiger partial charge in [-0.2, -0.15) is 0 Å². The minimum Gasteiger partial charge on any atom is -0.449 e. The van der Waals surface area contributed by atoms with Crippen molar-refractivity contribution in [3.05, 3.63) is 65.9 Å². The van der Waals surface area contributed by atoms with Crippen molar-refractivity contribution >= 4 is 11.3 Å². The summed E-state index contributed by atoms with van der Waals surface area (Å²) in [6, 6.07) is 7.91. The Hall–Kier alpha value is -2.29. The van der Waals surface area contributed by atoms with Crippen LogP contribution in [0.25, 0.3) is 5.57 Å². The van der Waals surface area contributed by atoms with Gasteiger partial charge in [0.1, 0.15) is 6.26 Å². The summed E-state index contributed by atoms with van der Waals surface area (Å²) in [5.74, 6) is 0.731. The number of benzene rings is 1. The second-order valence-corrected chi connectivity index (χ2v) is 4.46. The minimum absolute atomic E-state index is 0.708. The molecule has 0 atom stereocenters. The summed E-state index contributed by atoms with van der Waals surface area (Å²) in [6.07, 6.45) is 8.11. The minimum atomic E-state index is 0.708. The highest BCUT2D eigenvalue weighted by Crippen LogP contribution is 2.20. The molecule has 2 rings (SSSR count). The Morgan fingerprint density at radius 1 is 1.26 bits per heavy atom. The third-order valence-electron chi connectivity index (χ3n) is 3.08. The molecule has 0 unspecified atom stereocenters. The Morgan fingerprint density at radius 2 is 2.00 bits per heavy atom. The second-order valence-electron chi connectivity index (χ2n) is 4.46. The van der Waals surface area contributed by atoms with E-state index in [9.17, 15) is 0 Å². The number of oxazole rings is 1. The number of rotatable bonds is 4. The Kier molecular flexibility index (Phi) is 4.18. The van der Waals surface area contributed by atoms with Crippen LogP contribution in [-0.2, 0) is 6.42 Å². The maximum atomic E-state index is 5.69. The molecule has 1 heterocycles. The zero-order valence-corrected chi connectivity index (χ0v) is 11.3. The zero-order valence-electron chi connectivity index (χ0n) is 11.3. The maximum absolute atomic E-state index is 5.69. The molecule has 2 aromatic rings. The molecule has 3 heteroatoms. The molecular weight excluding hydrogens is 236 g/mol. The number of anilines is 1. The lowest BCUT2D eigenvalue weighted by Crippen LogP contribution is -1.87. The Balaban J connectivity index is 2.08. The molecule has 0 radical (unpaired) electrons. The predicted molar refractivity (Wildman–Crippen MR) is 78.5 cm³/mol. The average molecular weight is 254 g/mol. The van der Waals surface area contributed by atoms with Crippen molar-refractivity contribution < 1.29 is 4.42 Å². The van der Waals surface area contributed by atoms with Gasteiger partial charge in [-0.1, -0.05) is 24.3 Å². The number of hydrogen-bond donors (Lipinski definition) is 1. The summed E-state index contributed by atoms with van der Waals surface area (Å²) < 4.78 is 5.18. The van der Waals surface area contributed by atoms with E-state index in [1.807, 2.05) is 24.3 Å². The third kappa shape index (κ3) is 3.58. The van der Waals surface area contributed by atoms with E-state index in [1.54, 1.807) is 12.5 Å². The van der Waals surface area contributed by atoms with Gasteiger partial charge in [-0.05, 0) is 42.7 Å². The van der Waals surface area contributed by atoms with E-state index in [2.05, 4.69) is 31.0 Å². The van der Waals surface area contributed by atoms with Crippen molar-refractivity contribution in [2.45, 2.75) is 20.3 Å². The van der Waals surface area contributed by atoms with Gasteiger partial charge in [-0.3, -0.25) is 0 Å². The van der Waals surface area contributed by atoms with Crippen LogP contribution in [0.3, 0.4) is 0 Å². The van der Waals surface area contributed by atoms with Gasteiger partial charge >= 0.3 is 0 Å². The van der Waals surface area contributed by atoms with Crippen LogP contribution >= 0.6 is 0 Å². The summed E-state index contributed by atoms with van der Waals surface area (Å²) in [5.41, 5.74) is 10.1. The first-order valence-corrected chi connectivity index (χ1v) is 6.25. The van der Waals surface area contributed by atoms with Gasteiger partial charge in [0.2, 0.25) is 0 Å². The van der Waals surface area contributed by atoms with Crippen molar-refractivity contribution in [1.82, 2.24) is 4.98 Å². The molecule has 0 aliphatic rings. The van der Waals surface area contributed by atoms with Crippen LogP contribution in [0.1, 0.15) is 25.3 Å². The fourth-order valence-corrected chi connectivity index (χ4v) is 1.78. The van der Waals surface area contributed by atoms with E-state index < -0.39 is 0 Å². The van der Waals surface area contributed by atoms with Crippen LogP contribution < -0.4 is 5.73 Å². The van der Waals surface area contributed by atoms with Crippen molar-refractivity contribution in [3.63, 3.8) is 0 Å². The van der Waals surface area contributed by atoms with Gasteiger partial charge in [0, 0.05) is 12.1 Å². The van der Waals surface area contributed by atoms with E-state index in [-0.39, 0.29) is 0 Å². The number of nitrogens with zero attached hydrogens (tertiary/aromatic N) is 1. The van der Waals surface area contributed by atoms with Gasteiger partial charge in [-0.25, -0.2) is 4.98 Å². The largest absolute Gasteiger partial charge is 0.449 e. The van der Waals surface area contributed by atoms with Crippen LogP contribution in [0.5, 0.6) is 0 Å². The molecule has 0 amide bonds. The summed E-state index contributed by atoms with van der Waals surface area (Å²) >= 11 is 0. The topological polar surface area (TPSA) is 52.0 Å². The first-order chi connectivity index (χ1) is 9.16. The summed E-state index contributed by atoms with van der Waals surface area (Å²) in [6.45, 7) is 4.20. The summed E-state index contributed by atoms with van der Waals surface area (Å²) in [7, 11) is 0. The van der Waals surface area contributed by atoms with Crippen molar-refractivity contribution in [1.29, 1.82) is 0 Å². The summed E-state index contributed by atoms with van der Waals surface area (Å²) in [5, 5.41) is 0. The fraction of sp³-hybridized carbons (Fsp3) is 0.188. The predicted octanol–water partition coefficient (Wildman–Crippen LogP) is 3.85. The van der Waals surface area contributed by atoms with E-state index >= 15 is 0 Å². The zero-order chi connectivity index (χ0) is 13.7. The molecule has 0 saturated heterocycles. The molecule has 1 aromatic heterocycles. The molecule has 98 valence electrons. The maximum Gasteiger partial charge on any atom is 0.197 e. The highest BCUT2D eigenvalue weighted by atomic mass is 16.3. The molecular formula is C16H18N2O. The van der Waals surface area contributed by atoms with E-state index in [0.717, 1.165) is 11.6 Å². The van der Waals surface area contributed by atoms with Crippen LogP contribution in [0.4, 0.5) is 5.69 Å². The Labute approximate surface area is 113 Å². The van der Waals surface area contributed by atoms with Crippen molar-refractivity contribution in [2.24, 2.45) is 0 Å². The quantitative estimate of drug-likeness (QED) is 0.666. The second kappa shape index (κ2) is 6.05. The molecule has 0 bridgehead atoms. The standard InChI is InChI=1S/C16H18N2O/c1-12(4-3-5-16-18-10-11-19-16)13(2)14-6-8-15(17)9-7-14/h3-4,6-11H,5,17H2,1-2H3/b4-3-,13-12+. The number of allylic oxidation sites excluding steroid dienone is 4. The van der Waals surface area contributed by atoms with Crippen LogP contribution in [0, 0.1) is 0 Å². The highest BCUT2D eigenvalue weighted by molar-refractivity contribution is 5.69. The molecule has 2 N–H and O–H groups in total. The number of aromatic nitrogens is 1. The molecule has 0 saturated carbocycles. The smallest absolute Gasteiger partial charge is 0.197 e. The molecule has 0 aliphatic carbocycles. The van der Waals surface area contributed by atoms with E-state index in [0.29, 0.717) is 6.42 Å². The molecule has 3 nitrogen and oxygen atoms in total. The SMILES string of the molecule is CC(/C=C\Cc1ncco1)=C(/C)c1ccc(N)cc1. The number of hydrogen-bond acceptors (Lipinski definition) is 3. The lowest BCUT2D eigenvalue weighted by molar-refractivity contribution is 0.509. The first-order valence-electron chi connectivity index (χ1n) is 6.25. The monoisotopic (exact) mass is 254 g/mol. The van der Waals surface area contributed by atoms with Crippen molar-refractivity contribution in [2.75, 3.05) is 5.73 Å². The van der Waals surface area contributed by atoms with E-state index in [1.165, 1.54) is 16.7 Å². The molecule has 0 fully saturated rings. The Bertz CT molecular complexity index is 578. The van der Waals surface area contributed by atoms with E-state index in [4.69, 9.17) is 10.2 Å². The van der Waals surface area contributed by atoms with Gasteiger partial charge < -0.3 is 10.2 Å². The van der Waals surface area contributed by atoms with Crippen molar-refractivity contribution in [3.8, 4) is 0 Å². The molecule has 1 aromatic carbocycles. The molecule has 19 heavy (non-hydrogen) atoms. The number of nitrogens with two attached hydrogens (primary N) is 1. The van der Waals surface area contributed by atoms with Gasteiger partial charge in [0.25, 0.3) is 0 Å². The highest BCUT2D eigenvalue weighted by Gasteiger charge is 1.98. The van der Waals surface area contributed by atoms with Crippen LogP contribution in [0.15, 0.2) is 58.9 Å². The van der Waals surface area contributed by atoms with Gasteiger partial charge in [0.15, 0.2) is 5.89 Å². The van der Waals surface area contributed by atoms with Crippen LogP contribution in [-0.4, -0.2) is 4.98 Å². The normalized spacial score (nSPS) is 12.7. The lowest BCUT2D eigenvalue weighted by Gasteiger charge is -2.05. The summed E-state index contributed by atoms with van der Waals surface area (Å²) in [4.78, 5) is 4.08. The van der Waals surface area contributed by atoms with Gasteiger partial charge in [-0.15, -0.1) is 0 Å². The van der Waals surface area contributed by atoms with Crippen LogP contribution in [0.2, 0.25) is 0 Å².